The summed E-state index contributed by atoms with van der Waals surface area (Å²) in [7, 11) is 1.78. The zero-order chi connectivity index (χ0) is 11.5. The lowest BCUT2D eigenvalue weighted by molar-refractivity contribution is -0.118. The summed E-state index contributed by atoms with van der Waals surface area (Å²) in [6, 6.07) is 5.89. The number of nitrogens with zero attached hydrogens (tertiary/aromatic N) is 1. The molecule has 4 heteroatoms. The highest BCUT2D eigenvalue weighted by atomic mass is 16.5. The fourth-order valence-corrected chi connectivity index (χ4v) is 1.82. The molecule has 0 radical (unpaired) electrons. The number of rotatable bonds is 2. The van der Waals surface area contributed by atoms with E-state index in [0.29, 0.717) is 19.6 Å². The fraction of sp³-hybridized carbons (Fsp3) is 0.417. The number of benzene rings is 1. The smallest absolute Gasteiger partial charge is 0.230 e. The summed E-state index contributed by atoms with van der Waals surface area (Å²) in [6.07, 6.45) is 1.24. The van der Waals surface area contributed by atoms with Gasteiger partial charge in [0.1, 0.15) is 5.75 Å². The zero-order valence-corrected chi connectivity index (χ0v) is 9.40. The Labute approximate surface area is 95.0 Å². The van der Waals surface area contributed by atoms with E-state index < -0.39 is 0 Å². The molecule has 1 aliphatic rings. The minimum absolute atomic E-state index is 0.0867. The quantitative estimate of drug-likeness (QED) is 0.806. The lowest BCUT2D eigenvalue weighted by atomic mass is 10.1. The second-order valence-electron chi connectivity index (χ2n) is 3.89. The van der Waals surface area contributed by atoms with Gasteiger partial charge in [0.15, 0.2) is 0 Å². The first-order chi connectivity index (χ1) is 7.72. The van der Waals surface area contributed by atoms with Gasteiger partial charge in [0.25, 0.3) is 0 Å². The topological polar surface area (TPSA) is 55.6 Å². The van der Waals surface area contributed by atoms with Gasteiger partial charge in [-0.15, -0.1) is 0 Å². The predicted molar refractivity (Wildman–Crippen MR) is 62.7 cm³/mol. The highest BCUT2D eigenvalue weighted by Gasteiger charge is 2.19. The monoisotopic (exact) mass is 220 g/mol. The summed E-state index contributed by atoms with van der Waals surface area (Å²) in [5.74, 6) is 0.859. The SMILES string of the molecule is CN1C(=O)CCOc2ccc(CCN)cc21. The predicted octanol–water partition coefficient (Wildman–Crippen LogP) is 0.933. The third-order valence-electron chi connectivity index (χ3n) is 2.77. The summed E-state index contributed by atoms with van der Waals surface area (Å²) >= 11 is 0. The standard InChI is InChI=1S/C12H16N2O2/c1-14-10-8-9(4-6-13)2-3-11(10)16-7-5-12(14)15/h2-3,8H,4-7,13H2,1H3. The van der Waals surface area contributed by atoms with Crippen molar-refractivity contribution in [2.45, 2.75) is 12.8 Å². The molecule has 0 spiro atoms. The summed E-state index contributed by atoms with van der Waals surface area (Å²) < 4.78 is 5.53. The number of hydrogen-bond donors (Lipinski definition) is 1. The van der Waals surface area contributed by atoms with Crippen LogP contribution in [0.1, 0.15) is 12.0 Å². The van der Waals surface area contributed by atoms with Crippen molar-refractivity contribution >= 4 is 11.6 Å². The average molecular weight is 220 g/mol. The van der Waals surface area contributed by atoms with Crippen molar-refractivity contribution in [3.05, 3.63) is 23.8 Å². The Morgan fingerprint density at radius 2 is 2.31 bits per heavy atom. The second kappa shape index (κ2) is 4.53. The minimum atomic E-state index is 0.0867. The van der Waals surface area contributed by atoms with Crippen molar-refractivity contribution in [3.8, 4) is 5.75 Å². The molecule has 2 rings (SSSR count). The van der Waals surface area contributed by atoms with Gasteiger partial charge in [-0.2, -0.15) is 0 Å². The third kappa shape index (κ3) is 2.02. The summed E-state index contributed by atoms with van der Waals surface area (Å²) in [6.45, 7) is 1.06. The van der Waals surface area contributed by atoms with Gasteiger partial charge in [0, 0.05) is 7.05 Å². The van der Waals surface area contributed by atoms with Gasteiger partial charge in [-0.1, -0.05) is 6.07 Å². The average Bonchev–Trinajstić information content (AvgIpc) is 2.42. The van der Waals surface area contributed by atoms with E-state index in [0.717, 1.165) is 23.4 Å². The van der Waals surface area contributed by atoms with Gasteiger partial charge in [-0.25, -0.2) is 0 Å². The van der Waals surface area contributed by atoms with Crippen LogP contribution in [0.4, 0.5) is 5.69 Å². The first-order valence-electron chi connectivity index (χ1n) is 5.44. The Balaban J connectivity index is 2.38. The maximum absolute atomic E-state index is 11.7. The highest BCUT2D eigenvalue weighted by Crippen LogP contribution is 2.31. The van der Waals surface area contributed by atoms with E-state index in [-0.39, 0.29) is 5.91 Å². The molecule has 1 aliphatic heterocycles. The molecule has 0 unspecified atom stereocenters. The number of carbonyl (C=O) groups is 1. The largest absolute Gasteiger partial charge is 0.491 e. The van der Waals surface area contributed by atoms with E-state index in [9.17, 15) is 4.79 Å². The van der Waals surface area contributed by atoms with Gasteiger partial charge in [0.2, 0.25) is 5.91 Å². The molecule has 0 saturated heterocycles. The van der Waals surface area contributed by atoms with Crippen LogP contribution in [0.5, 0.6) is 5.75 Å². The van der Waals surface area contributed by atoms with Crippen LogP contribution in [0.25, 0.3) is 0 Å². The molecule has 0 atom stereocenters. The van der Waals surface area contributed by atoms with Gasteiger partial charge < -0.3 is 15.4 Å². The van der Waals surface area contributed by atoms with Crippen LogP contribution in [0.3, 0.4) is 0 Å². The van der Waals surface area contributed by atoms with E-state index in [1.54, 1.807) is 11.9 Å². The Kier molecular flexibility index (Phi) is 3.10. The molecule has 2 N–H and O–H groups in total. The molecule has 0 aromatic heterocycles. The zero-order valence-electron chi connectivity index (χ0n) is 9.40. The number of carbonyl (C=O) groups excluding carboxylic acids is 1. The molecule has 0 bridgehead atoms. The van der Waals surface area contributed by atoms with E-state index >= 15 is 0 Å². The third-order valence-corrected chi connectivity index (χ3v) is 2.77. The second-order valence-corrected chi connectivity index (χ2v) is 3.89. The van der Waals surface area contributed by atoms with Crippen molar-refractivity contribution in [3.63, 3.8) is 0 Å². The molecular formula is C12H16N2O2. The van der Waals surface area contributed by atoms with Gasteiger partial charge in [-0.05, 0) is 30.7 Å². The van der Waals surface area contributed by atoms with Crippen LogP contribution in [-0.4, -0.2) is 26.1 Å². The lowest BCUT2D eigenvalue weighted by Crippen LogP contribution is -2.25. The molecule has 4 nitrogen and oxygen atoms in total. The molecule has 0 saturated carbocycles. The Morgan fingerprint density at radius 3 is 3.06 bits per heavy atom. The van der Waals surface area contributed by atoms with Crippen LogP contribution < -0.4 is 15.4 Å². The Morgan fingerprint density at radius 1 is 1.50 bits per heavy atom. The lowest BCUT2D eigenvalue weighted by Gasteiger charge is -2.17. The van der Waals surface area contributed by atoms with E-state index in [4.69, 9.17) is 10.5 Å². The van der Waals surface area contributed by atoms with Gasteiger partial charge >= 0.3 is 0 Å². The van der Waals surface area contributed by atoms with Gasteiger partial charge in [0.05, 0.1) is 18.7 Å². The van der Waals surface area contributed by atoms with Crippen molar-refractivity contribution in [1.29, 1.82) is 0 Å². The molecule has 1 heterocycles. The normalized spacial score (nSPS) is 15.4. The van der Waals surface area contributed by atoms with E-state index in [2.05, 4.69) is 0 Å². The number of amides is 1. The molecular weight excluding hydrogens is 204 g/mol. The minimum Gasteiger partial charge on any atom is -0.491 e. The summed E-state index contributed by atoms with van der Waals surface area (Å²) in [5.41, 5.74) is 7.49. The van der Waals surface area contributed by atoms with Crippen molar-refractivity contribution < 1.29 is 9.53 Å². The fourth-order valence-electron chi connectivity index (χ4n) is 1.82. The molecule has 1 aromatic carbocycles. The number of hydrogen-bond acceptors (Lipinski definition) is 3. The van der Waals surface area contributed by atoms with Crippen molar-refractivity contribution in [2.24, 2.45) is 5.73 Å². The molecule has 0 aliphatic carbocycles. The number of fused-ring (bicyclic) bond motifs is 1. The Bertz CT molecular complexity index is 404. The number of anilines is 1. The first-order valence-corrected chi connectivity index (χ1v) is 5.44. The molecule has 1 aromatic rings. The van der Waals surface area contributed by atoms with Crippen LogP contribution in [0, 0.1) is 0 Å². The van der Waals surface area contributed by atoms with Crippen LogP contribution >= 0.6 is 0 Å². The Hall–Kier alpha value is -1.55. The van der Waals surface area contributed by atoms with Crippen LogP contribution in [0.2, 0.25) is 0 Å². The molecule has 86 valence electrons. The van der Waals surface area contributed by atoms with Crippen molar-refractivity contribution in [1.82, 2.24) is 0 Å². The highest BCUT2D eigenvalue weighted by molar-refractivity contribution is 5.95. The maximum atomic E-state index is 11.7. The summed E-state index contributed by atoms with van der Waals surface area (Å²) in [4.78, 5) is 13.3. The van der Waals surface area contributed by atoms with Crippen LogP contribution in [0.15, 0.2) is 18.2 Å². The first kappa shape index (κ1) is 11.0. The molecule has 0 fully saturated rings. The number of ether oxygens (including phenoxy) is 1. The van der Waals surface area contributed by atoms with Gasteiger partial charge in [-0.3, -0.25) is 4.79 Å². The number of nitrogens with two attached hydrogens (primary N) is 1. The molecule has 16 heavy (non-hydrogen) atoms. The van der Waals surface area contributed by atoms with Crippen LogP contribution in [-0.2, 0) is 11.2 Å². The van der Waals surface area contributed by atoms with E-state index in [1.165, 1.54) is 0 Å². The maximum Gasteiger partial charge on any atom is 0.230 e. The summed E-state index contributed by atoms with van der Waals surface area (Å²) in [5, 5.41) is 0. The molecule has 1 amide bonds. The van der Waals surface area contributed by atoms with Crippen molar-refractivity contribution in [2.75, 3.05) is 25.1 Å². The van der Waals surface area contributed by atoms with E-state index in [1.807, 2.05) is 18.2 Å².